The summed E-state index contributed by atoms with van der Waals surface area (Å²) in [6.45, 7) is 4.60. The molecule has 1 unspecified atom stereocenters. The van der Waals surface area contributed by atoms with Gasteiger partial charge in [-0.05, 0) is 55.8 Å². The van der Waals surface area contributed by atoms with Crippen LogP contribution >= 0.6 is 11.6 Å². The van der Waals surface area contributed by atoms with Gasteiger partial charge in [0.25, 0.3) is 5.91 Å². The third kappa shape index (κ3) is 3.40. The van der Waals surface area contributed by atoms with Crippen molar-refractivity contribution in [2.24, 2.45) is 0 Å². The fourth-order valence-corrected chi connectivity index (χ4v) is 3.33. The van der Waals surface area contributed by atoms with E-state index >= 15 is 0 Å². The number of methoxy groups -OCH3 is 1. The minimum atomic E-state index is -0.545. The van der Waals surface area contributed by atoms with Gasteiger partial charge >= 0.3 is 0 Å². The van der Waals surface area contributed by atoms with E-state index in [1.54, 1.807) is 60.2 Å². The molecule has 3 rings (SSSR count). The highest BCUT2D eigenvalue weighted by Gasteiger charge is 2.35. The molecule has 0 bridgehead atoms. The molecule has 1 aliphatic rings. The van der Waals surface area contributed by atoms with Crippen LogP contribution in [0.4, 0.5) is 5.69 Å². The Labute approximate surface area is 158 Å². The van der Waals surface area contributed by atoms with E-state index in [1.165, 1.54) is 0 Å². The van der Waals surface area contributed by atoms with Crippen LogP contribution < -0.4 is 9.64 Å². The number of hydrogen-bond acceptors (Lipinski definition) is 3. The van der Waals surface area contributed by atoms with E-state index in [2.05, 4.69) is 0 Å². The van der Waals surface area contributed by atoms with Gasteiger partial charge in [-0.3, -0.25) is 9.59 Å². The maximum absolute atomic E-state index is 12.9. The van der Waals surface area contributed by atoms with Crippen LogP contribution in [0.2, 0.25) is 5.02 Å². The number of halogens is 1. The Hall–Kier alpha value is -2.53. The van der Waals surface area contributed by atoms with Gasteiger partial charge in [0.05, 0.1) is 7.11 Å². The molecule has 2 aromatic carbocycles. The molecule has 0 radical (unpaired) electrons. The first-order chi connectivity index (χ1) is 12.4. The molecule has 26 heavy (non-hydrogen) atoms. The molecule has 0 N–H and O–H groups in total. The predicted octanol–water partition coefficient (Wildman–Crippen LogP) is 3.53. The first-order valence-corrected chi connectivity index (χ1v) is 8.82. The van der Waals surface area contributed by atoms with Gasteiger partial charge < -0.3 is 14.5 Å². The number of rotatable bonds is 3. The van der Waals surface area contributed by atoms with E-state index in [0.29, 0.717) is 29.4 Å². The molecule has 6 heteroatoms. The Kier molecular flexibility index (Phi) is 5.18. The standard InChI is InChI=1S/C20H21ClN2O3/c1-13-4-7-16(21)12-18(13)23-11-10-22(14(2)19(23)24)20(25)15-5-8-17(26-3)9-6-15/h4-9,12,14H,10-11H2,1-3H3. The van der Waals surface area contributed by atoms with Crippen molar-refractivity contribution in [3.8, 4) is 5.75 Å². The number of nitrogens with zero attached hydrogens (tertiary/aromatic N) is 2. The molecule has 1 heterocycles. The first kappa shape index (κ1) is 18.3. The fourth-order valence-electron chi connectivity index (χ4n) is 3.16. The molecule has 2 amide bonds. The molecular weight excluding hydrogens is 352 g/mol. The second kappa shape index (κ2) is 7.38. The lowest BCUT2D eigenvalue weighted by atomic mass is 10.1. The molecule has 0 aliphatic carbocycles. The van der Waals surface area contributed by atoms with E-state index < -0.39 is 6.04 Å². The van der Waals surface area contributed by atoms with E-state index in [9.17, 15) is 9.59 Å². The molecule has 2 aromatic rings. The molecular formula is C20H21ClN2O3. The zero-order valence-electron chi connectivity index (χ0n) is 15.0. The van der Waals surface area contributed by atoms with Gasteiger partial charge in [0.15, 0.2) is 0 Å². The van der Waals surface area contributed by atoms with Crippen LogP contribution in [0.3, 0.4) is 0 Å². The molecule has 1 aliphatic heterocycles. The second-order valence-electron chi connectivity index (χ2n) is 6.32. The van der Waals surface area contributed by atoms with Gasteiger partial charge in [-0.25, -0.2) is 0 Å². The van der Waals surface area contributed by atoms with Crippen LogP contribution in [0.15, 0.2) is 42.5 Å². The summed E-state index contributed by atoms with van der Waals surface area (Å²) in [7, 11) is 1.58. The van der Waals surface area contributed by atoms with Crippen LogP contribution in [-0.4, -0.2) is 43.0 Å². The first-order valence-electron chi connectivity index (χ1n) is 8.45. The summed E-state index contributed by atoms with van der Waals surface area (Å²) in [5.74, 6) is 0.423. The molecule has 1 fully saturated rings. The van der Waals surface area contributed by atoms with Crippen molar-refractivity contribution in [3.05, 3.63) is 58.6 Å². The SMILES string of the molecule is COc1ccc(C(=O)N2CCN(c3cc(Cl)ccc3C)C(=O)C2C)cc1. The molecule has 0 spiro atoms. The predicted molar refractivity (Wildman–Crippen MR) is 102 cm³/mol. The van der Waals surface area contributed by atoms with Gasteiger partial charge in [0, 0.05) is 29.4 Å². The minimum absolute atomic E-state index is 0.108. The van der Waals surface area contributed by atoms with Crippen molar-refractivity contribution in [1.82, 2.24) is 4.90 Å². The molecule has 136 valence electrons. The van der Waals surface area contributed by atoms with Crippen LogP contribution in [0.1, 0.15) is 22.8 Å². The number of benzene rings is 2. The van der Waals surface area contributed by atoms with E-state index in [1.807, 2.05) is 13.0 Å². The maximum Gasteiger partial charge on any atom is 0.254 e. The van der Waals surface area contributed by atoms with Gasteiger partial charge in [0.1, 0.15) is 11.8 Å². The maximum atomic E-state index is 12.9. The summed E-state index contributed by atoms with van der Waals surface area (Å²) < 4.78 is 5.12. The normalized spacial score (nSPS) is 17.4. The molecule has 0 aromatic heterocycles. The van der Waals surface area contributed by atoms with Gasteiger partial charge in [-0.2, -0.15) is 0 Å². The Morgan fingerprint density at radius 3 is 2.50 bits per heavy atom. The summed E-state index contributed by atoms with van der Waals surface area (Å²) in [6, 6.07) is 11.9. The van der Waals surface area contributed by atoms with E-state index in [-0.39, 0.29) is 11.8 Å². The second-order valence-corrected chi connectivity index (χ2v) is 6.76. The lowest BCUT2D eigenvalue weighted by Gasteiger charge is -2.39. The smallest absolute Gasteiger partial charge is 0.254 e. The van der Waals surface area contributed by atoms with Crippen molar-refractivity contribution >= 4 is 29.1 Å². The minimum Gasteiger partial charge on any atom is -0.497 e. The summed E-state index contributed by atoms with van der Waals surface area (Å²) in [5, 5.41) is 0.586. The third-order valence-electron chi connectivity index (χ3n) is 4.72. The van der Waals surface area contributed by atoms with Gasteiger partial charge in [-0.1, -0.05) is 17.7 Å². The quantitative estimate of drug-likeness (QED) is 0.828. The van der Waals surface area contributed by atoms with Crippen LogP contribution in [-0.2, 0) is 4.79 Å². The molecule has 1 atom stereocenters. The number of amides is 2. The van der Waals surface area contributed by atoms with Crippen molar-refractivity contribution in [3.63, 3.8) is 0 Å². The number of piperazine rings is 1. The van der Waals surface area contributed by atoms with Gasteiger partial charge in [-0.15, -0.1) is 0 Å². The Morgan fingerprint density at radius 2 is 1.85 bits per heavy atom. The Bertz CT molecular complexity index is 835. The van der Waals surface area contributed by atoms with Crippen molar-refractivity contribution < 1.29 is 14.3 Å². The third-order valence-corrected chi connectivity index (χ3v) is 4.95. The van der Waals surface area contributed by atoms with Crippen molar-refractivity contribution in [2.75, 3.05) is 25.1 Å². The number of anilines is 1. The summed E-state index contributed by atoms with van der Waals surface area (Å²) in [5.41, 5.74) is 2.31. The average Bonchev–Trinajstić information content (AvgIpc) is 2.65. The Morgan fingerprint density at radius 1 is 1.15 bits per heavy atom. The van der Waals surface area contributed by atoms with Gasteiger partial charge in [0.2, 0.25) is 5.91 Å². The van der Waals surface area contributed by atoms with E-state index in [0.717, 1.165) is 11.3 Å². The number of carbonyl (C=O) groups is 2. The fraction of sp³-hybridized carbons (Fsp3) is 0.300. The van der Waals surface area contributed by atoms with E-state index in [4.69, 9.17) is 16.3 Å². The highest BCUT2D eigenvalue weighted by atomic mass is 35.5. The highest BCUT2D eigenvalue weighted by Crippen LogP contribution is 2.28. The topological polar surface area (TPSA) is 49.9 Å². The number of hydrogen-bond donors (Lipinski definition) is 0. The number of aryl methyl sites for hydroxylation is 1. The zero-order valence-corrected chi connectivity index (χ0v) is 15.8. The monoisotopic (exact) mass is 372 g/mol. The number of carbonyl (C=O) groups excluding carboxylic acids is 2. The Balaban J connectivity index is 1.80. The average molecular weight is 373 g/mol. The van der Waals surface area contributed by atoms with Crippen molar-refractivity contribution in [2.45, 2.75) is 19.9 Å². The summed E-state index contributed by atoms with van der Waals surface area (Å²) in [6.07, 6.45) is 0. The largest absolute Gasteiger partial charge is 0.497 e. The molecule has 1 saturated heterocycles. The lowest BCUT2D eigenvalue weighted by molar-refractivity contribution is -0.124. The molecule has 0 saturated carbocycles. The van der Waals surface area contributed by atoms with Crippen LogP contribution in [0.25, 0.3) is 0 Å². The van der Waals surface area contributed by atoms with Crippen LogP contribution in [0, 0.1) is 6.92 Å². The zero-order chi connectivity index (χ0) is 18.8. The molecule has 5 nitrogen and oxygen atoms in total. The summed E-state index contributed by atoms with van der Waals surface area (Å²) >= 11 is 6.09. The number of ether oxygens (including phenoxy) is 1. The summed E-state index contributed by atoms with van der Waals surface area (Å²) in [4.78, 5) is 29.0. The van der Waals surface area contributed by atoms with Crippen LogP contribution in [0.5, 0.6) is 5.75 Å². The lowest BCUT2D eigenvalue weighted by Crippen LogP contribution is -2.57. The van der Waals surface area contributed by atoms with Crippen molar-refractivity contribution in [1.29, 1.82) is 0 Å². The highest BCUT2D eigenvalue weighted by molar-refractivity contribution is 6.31.